The number of fused-ring (bicyclic) bond motifs is 1. The van der Waals surface area contributed by atoms with Crippen molar-refractivity contribution in [2.75, 3.05) is 23.5 Å². The lowest BCUT2D eigenvalue weighted by Gasteiger charge is -2.22. The summed E-state index contributed by atoms with van der Waals surface area (Å²) in [4.78, 5) is 30.9. The summed E-state index contributed by atoms with van der Waals surface area (Å²) in [6, 6.07) is 5.51. The molecule has 6 nitrogen and oxygen atoms in total. The highest BCUT2D eigenvalue weighted by molar-refractivity contribution is 8.00. The smallest absolute Gasteiger partial charge is 0.237 e. The number of thioether (sulfide) groups is 1. The van der Waals surface area contributed by atoms with Gasteiger partial charge in [-0.25, -0.2) is 0 Å². The Morgan fingerprint density at radius 2 is 1.63 bits per heavy atom. The van der Waals surface area contributed by atoms with E-state index in [9.17, 15) is 9.59 Å². The van der Waals surface area contributed by atoms with Crippen molar-refractivity contribution < 1.29 is 14.3 Å². The molecular formula is C31H49N3O3S. The van der Waals surface area contributed by atoms with Gasteiger partial charge in [0.15, 0.2) is 0 Å². The maximum Gasteiger partial charge on any atom is 0.237 e. The number of unbranched alkanes of at least 4 members (excludes halogenated alkanes) is 8. The molecule has 38 heavy (non-hydrogen) atoms. The van der Waals surface area contributed by atoms with E-state index >= 15 is 0 Å². The minimum atomic E-state index is -0.556. The molecule has 0 radical (unpaired) electrons. The van der Waals surface area contributed by atoms with E-state index in [0.29, 0.717) is 22.6 Å². The molecule has 0 aliphatic carbocycles. The van der Waals surface area contributed by atoms with Crippen LogP contribution in [0.1, 0.15) is 105 Å². The van der Waals surface area contributed by atoms with Crippen molar-refractivity contribution in [2.45, 2.75) is 110 Å². The molecule has 2 N–H and O–H groups in total. The number of rotatable bonds is 17. The molecule has 1 unspecified atom stereocenters. The standard InChI is InChI=1S/C31H49N3O3S/c1-7-9-11-13-14-15-19-26(38-21-16-12-10-8-2)29(35)34-28-23-18-17-20-32-27(23)24(22-25(28)37-6)33-30(36)31(3,4)5/h17-18,20,22,26H,7-16,19,21H2,1-6H3,(H,33,36)(H,34,35). The fourth-order valence-electron chi connectivity index (χ4n) is 4.28. The highest BCUT2D eigenvalue weighted by Crippen LogP contribution is 2.38. The molecule has 1 aromatic carbocycles. The Hall–Kier alpha value is -2.28. The second-order valence-electron chi connectivity index (χ2n) is 11.1. The van der Waals surface area contributed by atoms with Gasteiger partial charge >= 0.3 is 0 Å². The summed E-state index contributed by atoms with van der Waals surface area (Å²) in [5, 5.41) is 6.82. The Morgan fingerprint density at radius 1 is 0.974 bits per heavy atom. The summed E-state index contributed by atoms with van der Waals surface area (Å²) >= 11 is 1.78. The zero-order valence-electron chi connectivity index (χ0n) is 24.5. The van der Waals surface area contributed by atoms with Crippen LogP contribution in [0.5, 0.6) is 5.75 Å². The van der Waals surface area contributed by atoms with Crippen molar-refractivity contribution in [3.8, 4) is 5.75 Å². The normalized spacial score (nSPS) is 12.4. The molecule has 1 heterocycles. The molecule has 7 heteroatoms. The Labute approximate surface area is 234 Å². The first-order valence-electron chi connectivity index (χ1n) is 14.4. The van der Waals surface area contributed by atoms with Crippen molar-refractivity contribution >= 4 is 45.9 Å². The van der Waals surface area contributed by atoms with Gasteiger partial charge in [-0.2, -0.15) is 0 Å². The fourth-order valence-corrected chi connectivity index (χ4v) is 5.48. The molecule has 212 valence electrons. The van der Waals surface area contributed by atoms with Gasteiger partial charge in [0.05, 0.1) is 29.3 Å². The van der Waals surface area contributed by atoms with E-state index in [0.717, 1.165) is 30.4 Å². The molecule has 2 amide bonds. The summed E-state index contributed by atoms with van der Waals surface area (Å²) in [6.45, 7) is 10.1. The fraction of sp³-hybridized carbons (Fsp3) is 0.645. The summed E-state index contributed by atoms with van der Waals surface area (Å²) in [7, 11) is 1.58. The number of nitrogens with one attached hydrogen (secondary N) is 2. The van der Waals surface area contributed by atoms with Gasteiger partial charge in [0, 0.05) is 23.1 Å². The van der Waals surface area contributed by atoms with Crippen LogP contribution < -0.4 is 15.4 Å². The molecule has 2 aromatic rings. The van der Waals surface area contributed by atoms with E-state index in [1.807, 2.05) is 32.9 Å². The first-order chi connectivity index (χ1) is 18.2. The number of nitrogens with zero attached hydrogens (tertiary/aromatic N) is 1. The molecule has 0 aliphatic heterocycles. The van der Waals surface area contributed by atoms with E-state index in [2.05, 4.69) is 29.5 Å². The average Bonchev–Trinajstić information content (AvgIpc) is 2.89. The van der Waals surface area contributed by atoms with E-state index < -0.39 is 5.41 Å². The third kappa shape index (κ3) is 10.1. The van der Waals surface area contributed by atoms with Gasteiger partial charge in [-0.1, -0.05) is 92.4 Å². The van der Waals surface area contributed by atoms with Gasteiger partial charge in [0.25, 0.3) is 0 Å². The minimum Gasteiger partial charge on any atom is -0.494 e. The molecular weight excluding hydrogens is 494 g/mol. The lowest BCUT2D eigenvalue weighted by Crippen LogP contribution is -2.28. The maximum absolute atomic E-state index is 13.6. The van der Waals surface area contributed by atoms with Gasteiger partial charge < -0.3 is 15.4 Å². The summed E-state index contributed by atoms with van der Waals surface area (Å²) < 4.78 is 5.70. The van der Waals surface area contributed by atoms with Crippen LogP contribution in [0.4, 0.5) is 11.4 Å². The van der Waals surface area contributed by atoms with Crippen LogP contribution in [0.25, 0.3) is 10.9 Å². The van der Waals surface area contributed by atoms with Crippen LogP contribution in [0.15, 0.2) is 24.4 Å². The molecule has 1 atom stereocenters. The summed E-state index contributed by atoms with van der Waals surface area (Å²) in [5.41, 5.74) is 1.25. The van der Waals surface area contributed by atoms with Gasteiger partial charge in [0.2, 0.25) is 11.8 Å². The number of amides is 2. The first-order valence-corrected chi connectivity index (χ1v) is 15.5. The van der Waals surface area contributed by atoms with Crippen molar-refractivity contribution in [1.82, 2.24) is 4.98 Å². The molecule has 0 saturated carbocycles. The largest absolute Gasteiger partial charge is 0.494 e. The quantitative estimate of drug-likeness (QED) is 0.195. The van der Waals surface area contributed by atoms with Crippen LogP contribution in [0, 0.1) is 5.41 Å². The first kappa shape index (κ1) is 31.9. The Morgan fingerprint density at radius 3 is 2.29 bits per heavy atom. The SMILES string of the molecule is CCCCCCCCC(SCCCCCC)C(=O)Nc1c(OC)cc(NC(=O)C(C)(C)C)c2ncccc12. The number of carbonyl (C=O) groups is 2. The van der Waals surface area contributed by atoms with Gasteiger partial charge in [-0.05, 0) is 30.7 Å². The number of hydrogen-bond acceptors (Lipinski definition) is 5. The topological polar surface area (TPSA) is 80.3 Å². The highest BCUT2D eigenvalue weighted by Gasteiger charge is 2.25. The van der Waals surface area contributed by atoms with Gasteiger partial charge in [0.1, 0.15) is 5.75 Å². The zero-order chi connectivity index (χ0) is 28.0. The van der Waals surface area contributed by atoms with E-state index in [4.69, 9.17) is 4.74 Å². The van der Waals surface area contributed by atoms with Crippen molar-refractivity contribution in [3.05, 3.63) is 24.4 Å². The monoisotopic (exact) mass is 543 g/mol. The van der Waals surface area contributed by atoms with E-state index in [1.165, 1.54) is 51.4 Å². The number of benzene rings is 1. The van der Waals surface area contributed by atoms with Gasteiger partial charge in [-0.3, -0.25) is 14.6 Å². The third-order valence-electron chi connectivity index (χ3n) is 6.68. The minimum absolute atomic E-state index is 0.00831. The number of pyridine rings is 1. The maximum atomic E-state index is 13.6. The molecule has 0 spiro atoms. The van der Waals surface area contributed by atoms with Crippen LogP contribution in [-0.4, -0.2) is 34.9 Å². The second-order valence-corrected chi connectivity index (χ2v) is 12.4. The van der Waals surface area contributed by atoms with Crippen LogP contribution in [-0.2, 0) is 9.59 Å². The van der Waals surface area contributed by atoms with Crippen molar-refractivity contribution in [2.24, 2.45) is 5.41 Å². The predicted octanol–water partition coefficient (Wildman–Crippen LogP) is 8.60. The summed E-state index contributed by atoms with van der Waals surface area (Å²) in [6.07, 6.45) is 14.6. The second kappa shape index (κ2) is 16.6. The third-order valence-corrected chi connectivity index (χ3v) is 8.06. The van der Waals surface area contributed by atoms with Gasteiger partial charge in [-0.15, -0.1) is 11.8 Å². The number of ether oxygens (including phenoxy) is 1. The number of hydrogen-bond donors (Lipinski definition) is 2. The van der Waals surface area contributed by atoms with Crippen LogP contribution >= 0.6 is 11.8 Å². The van der Waals surface area contributed by atoms with Crippen molar-refractivity contribution in [3.63, 3.8) is 0 Å². The number of methoxy groups -OCH3 is 1. The Kier molecular flexibility index (Phi) is 14.0. The molecule has 1 aromatic heterocycles. The number of aromatic nitrogens is 1. The Balaban J connectivity index is 2.25. The van der Waals surface area contributed by atoms with Crippen LogP contribution in [0.2, 0.25) is 0 Å². The Bertz CT molecular complexity index is 1020. The van der Waals surface area contributed by atoms with Crippen LogP contribution in [0.3, 0.4) is 0 Å². The van der Waals surface area contributed by atoms with Crippen molar-refractivity contribution in [1.29, 1.82) is 0 Å². The zero-order valence-corrected chi connectivity index (χ0v) is 25.3. The molecule has 0 bridgehead atoms. The number of carbonyl (C=O) groups excluding carboxylic acids is 2. The van der Waals surface area contributed by atoms with E-state index in [-0.39, 0.29) is 17.1 Å². The average molecular weight is 544 g/mol. The molecule has 0 saturated heterocycles. The predicted molar refractivity (Wildman–Crippen MR) is 163 cm³/mol. The highest BCUT2D eigenvalue weighted by atomic mass is 32.2. The molecule has 0 fully saturated rings. The lowest BCUT2D eigenvalue weighted by atomic mass is 9.95. The number of anilines is 2. The summed E-state index contributed by atoms with van der Waals surface area (Å²) in [5.74, 6) is 1.40. The lowest BCUT2D eigenvalue weighted by molar-refractivity contribution is -0.123. The molecule has 2 rings (SSSR count). The molecule has 0 aliphatic rings. The van der Waals surface area contributed by atoms with E-state index in [1.54, 1.807) is 31.1 Å².